The SMILES string of the molecule is O=C(Cl)N1CCC(c2ccn[nH]2)CC1. The van der Waals surface area contributed by atoms with Crippen LogP contribution in [-0.2, 0) is 0 Å². The summed E-state index contributed by atoms with van der Waals surface area (Å²) in [6, 6.07) is 1.99. The van der Waals surface area contributed by atoms with Crippen molar-refractivity contribution in [1.29, 1.82) is 0 Å². The van der Waals surface area contributed by atoms with Gasteiger partial charge in [-0.2, -0.15) is 5.10 Å². The number of amides is 1. The first-order chi connectivity index (χ1) is 6.77. The van der Waals surface area contributed by atoms with Crippen LogP contribution in [-0.4, -0.2) is 33.6 Å². The van der Waals surface area contributed by atoms with Gasteiger partial charge in [0, 0.05) is 30.9 Å². The first-order valence-electron chi connectivity index (χ1n) is 4.71. The predicted octanol–water partition coefficient (Wildman–Crippen LogP) is 1.95. The summed E-state index contributed by atoms with van der Waals surface area (Å²) in [4.78, 5) is 12.5. The molecule has 1 amide bonds. The molecular formula is C9H12ClN3O. The summed E-state index contributed by atoms with van der Waals surface area (Å²) >= 11 is 5.40. The van der Waals surface area contributed by atoms with Crippen LogP contribution in [0.3, 0.4) is 0 Å². The van der Waals surface area contributed by atoms with Crippen molar-refractivity contribution in [2.45, 2.75) is 18.8 Å². The van der Waals surface area contributed by atoms with Crippen LogP contribution in [0.2, 0.25) is 0 Å². The molecule has 0 radical (unpaired) electrons. The zero-order chi connectivity index (χ0) is 9.97. The Labute approximate surface area is 87.2 Å². The zero-order valence-electron chi connectivity index (χ0n) is 7.74. The minimum atomic E-state index is -0.340. The summed E-state index contributed by atoms with van der Waals surface area (Å²) in [6.45, 7) is 1.48. The van der Waals surface area contributed by atoms with Gasteiger partial charge in [0.1, 0.15) is 0 Å². The highest BCUT2D eigenvalue weighted by Crippen LogP contribution is 2.26. The van der Waals surface area contributed by atoms with E-state index in [2.05, 4.69) is 10.2 Å². The molecule has 1 aromatic rings. The number of nitrogens with one attached hydrogen (secondary N) is 1. The minimum Gasteiger partial charge on any atom is -0.329 e. The summed E-state index contributed by atoms with van der Waals surface area (Å²) in [7, 11) is 0. The Kier molecular flexibility index (Phi) is 2.72. The lowest BCUT2D eigenvalue weighted by atomic mass is 9.94. The average molecular weight is 214 g/mol. The summed E-state index contributed by atoms with van der Waals surface area (Å²) in [5.41, 5.74) is 1.16. The van der Waals surface area contributed by atoms with Gasteiger partial charge in [0.05, 0.1) is 0 Å². The number of likely N-dealkylation sites (tertiary alicyclic amines) is 1. The van der Waals surface area contributed by atoms with Crippen LogP contribution < -0.4 is 0 Å². The summed E-state index contributed by atoms with van der Waals surface area (Å²) in [6.07, 6.45) is 3.68. The van der Waals surface area contributed by atoms with E-state index >= 15 is 0 Å². The van der Waals surface area contributed by atoms with Crippen LogP contribution >= 0.6 is 11.6 Å². The lowest BCUT2D eigenvalue weighted by Crippen LogP contribution is -2.34. The van der Waals surface area contributed by atoms with E-state index in [1.807, 2.05) is 6.07 Å². The largest absolute Gasteiger partial charge is 0.329 e. The number of nitrogens with zero attached hydrogens (tertiary/aromatic N) is 2. The van der Waals surface area contributed by atoms with Crippen molar-refractivity contribution < 1.29 is 4.79 Å². The van der Waals surface area contributed by atoms with Crippen molar-refractivity contribution in [3.05, 3.63) is 18.0 Å². The van der Waals surface area contributed by atoms with Gasteiger partial charge in [0.25, 0.3) is 0 Å². The smallest absolute Gasteiger partial charge is 0.316 e. The van der Waals surface area contributed by atoms with E-state index in [1.165, 1.54) is 0 Å². The maximum atomic E-state index is 10.9. The van der Waals surface area contributed by atoms with Gasteiger partial charge < -0.3 is 4.90 Å². The third-order valence-electron chi connectivity index (χ3n) is 2.71. The van der Waals surface area contributed by atoms with Crippen LogP contribution in [0.25, 0.3) is 0 Å². The maximum absolute atomic E-state index is 10.9. The van der Waals surface area contributed by atoms with E-state index in [0.717, 1.165) is 31.6 Å². The molecule has 0 unspecified atom stereocenters. The van der Waals surface area contributed by atoms with Gasteiger partial charge in [-0.1, -0.05) is 0 Å². The molecule has 0 spiro atoms. The second-order valence-electron chi connectivity index (χ2n) is 3.53. The van der Waals surface area contributed by atoms with E-state index in [9.17, 15) is 4.79 Å². The average Bonchev–Trinajstić information content (AvgIpc) is 2.71. The second-order valence-corrected chi connectivity index (χ2v) is 3.85. The molecule has 1 fully saturated rings. The number of aromatic amines is 1. The van der Waals surface area contributed by atoms with Crippen molar-refractivity contribution in [1.82, 2.24) is 15.1 Å². The maximum Gasteiger partial charge on any atom is 0.316 e. The molecule has 1 aliphatic rings. The van der Waals surface area contributed by atoms with Crippen LogP contribution in [0.5, 0.6) is 0 Å². The van der Waals surface area contributed by atoms with Gasteiger partial charge >= 0.3 is 5.37 Å². The molecule has 1 saturated heterocycles. The highest BCUT2D eigenvalue weighted by Gasteiger charge is 2.23. The van der Waals surface area contributed by atoms with E-state index in [1.54, 1.807) is 11.1 Å². The fourth-order valence-corrected chi connectivity index (χ4v) is 2.03. The second kappa shape index (κ2) is 4.00. The molecule has 0 aliphatic carbocycles. The topological polar surface area (TPSA) is 49.0 Å². The molecule has 0 saturated carbocycles. The van der Waals surface area contributed by atoms with Gasteiger partial charge in [-0.25, -0.2) is 0 Å². The number of hydrogen-bond donors (Lipinski definition) is 1. The normalized spacial score (nSPS) is 18.5. The minimum absolute atomic E-state index is 0.340. The number of H-pyrrole nitrogens is 1. The van der Waals surface area contributed by atoms with Crippen molar-refractivity contribution in [3.63, 3.8) is 0 Å². The molecule has 2 heterocycles. The molecule has 76 valence electrons. The summed E-state index contributed by atoms with van der Waals surface area (Å²) in [5.74, 6) is 0.491. The van der Waals surface area contributed by atoms with Crippen molar-refractivity contribution in [2.75, 3.05) is 13.1 Å². The highest BCUT2D eigenvalue weighted by atomic mass is 35.5. The highest BCUT2D eigenvalue weighted by molar-refractivity contribution is 6.62. The van der Waals surface area contributed by atoms with Crippen molar-refractivity contribution in [2.24, 2.45) is 0 Å². The molecule has 1 aliphatic heterocycles. The Morgan fingerprint density at radius 3 is 2.79 bits per heavy atom. The number of halogens is 1. The van der Waals surface area contributed by atoms with Crippen LogP contribution in [0.4, 0.5) is 4.79 Å². The van der Waals surface area contributed by atoms with Gasteiger partial charge in [-0.3, -0.25) is 9.89 Å². The third kappa shape index (κ3) is 1.90. The lowest BCUT2D eigenvalue weighted by molar-refractivity contribution is 0.203. The zero-order valence-corrected chi connectivity index (χ0v) is 8.50. The van der Waals surface area contributed by atoms with Crippen molar-refractivity contribution >= 4 is 17.0 Å². The van der Waals surface area contributed by atoms with E-state index in [0.29, 0.717) is 5.92 Å². The predicted molar refractivity (Wildman–Crippen MR) is 53.4 cm³/mol. The standard InChI is InChI=1S/C9H12ClN3O/c10-9(14)13-5-2-7(3-6-13)8-1-4-11-12-8/h1,4,7H,2-3,5-6H2,(H,11,12). The van der Waals surface area contributed by atoms with Gasteiger partial charge in [-0.05, 0) is 30.5 Å². The van der Waals surface area contributed by atoms with Gasteiger partial charge in [0.15, 0.2) is 0 Å². The molecule has 5 heteroatoms. The summed E-state index contributed by atoms with van der Waals surface area (Å²) < 4.78 is 0. The Morgan fingerprint density at radius 1 is 1.57 bits per heavy atom. The number of carbonyl (C=O) groups excluding carboxylic acids is 1. The Morgan fingerprint density at radius 2 is 2.29 bits per heavy atom. The molecule has 14 heavy (non-hydrogen) atoms. The Hall–Kier alpha value is -1.03. The molecule has 0 atom stereocenters. The summed E-state index contributed by atoms with van der Waals surface area (Å²) in [5, 5.41) is 6.54. The van der Waals surface area contributed by atoms with Crippen LogP contribution in [0, 0.1) is 0 Å². The third-order valence-corrected chi connectivity index (χ3v) is 2.94. The van der Waals surface area contributed by atoms with E-state index in [4.69, 9.17) is 11.6 Å². The molecule has 0 aromatic carbocycles. The number of carbonyl (C=O) groups is 1. The number of piperidine rings is 1. The van der Waals surface area contributed by atoms with E-state index < -0.39 is 0 Å². The van der Waals surface area contributed by atoms with Gasteiger partial charge in [0.2, 0.25) is 0 Å². The van der Waals surface area contributed by atoms with E-state index in [-0.39, 0.29) is 5.37 Å². The molecule has 1 aromatic heterocycles. The molecule has 4 nitrogen and oxygen atoms in total. The fraction of sp³-hybridized carbons (Fsp3) is 0.556. The Bertz CT molecular complexity index is 304. The van der Waals surface area contributed by atoms with Crippen LogP contribution in [0.15, 0.2) is 12.3 Å². The molecule has 1 N–H and O–H groups in total. The number of hydrogen-bond acceptors (Lipinski definition) is 2. The molecular weight excluding hydrogens is 202 g/mol. The fourth-order valence-electron chi connectivity index (χ4n) is 1.86. The van der Waals surface area contributed by atoms with Crippen LogP contribution in [0.1, 0.15) is 24.5 Å². The quantitative estimate of drug-likeness (QED) is 0.573. The Balaban J connectivity index is 1.93. The monoisotopic (exact) mass is 213 g/mol. The first kappa shape index (κ1) is 9.52. The number of rotatable bonds is 1. The lowest BCUT2D eigenvalue weighted by Gasteiger charge is -2.29. The van der Waals surface area contributed by atoms with Gasteiger partial charge in [-0.15, -0.1) is 0 Å². The number of aromatic nitrogens is 2. The van der Waals surface area contributed by atoms with Crippen molar-refractivity contribution in [3.8, 4) is 0 Å². The molecule has 0 bridgehead atoms. The molecule has 2 rings (SSSR count). The first-order valence-corrected chi connectivity index (χ1v) is 5.09.